The molecule has 0 radical (unpaired) electrons. The van der Waals surface area contributed by atoms with Crippen LogP contribution in [-0.4, -0.2) is 24.1 Å². The zero-order valence-electron chi connectivity index (χ0n) is 14.5. The summed E-state index contributed by atoms with van der Waals surface area (Å²) < 4.78 is 0. The third kappa shape index (κ3) is 4.04. The first-order valence-corrected chi connectivity index (χ1v) is 9.48. The van der Waals surface area contributed by atoms with Gasteiger partial charge in [-0.25, -0.2) is 0 Å². The van der Waals surface area contributed by atoms with Gasteiger partial charge in [-0.3, -0.25) is 9.59 Å². The van der Waals surface area contributed by atoms with Crippen LogP contribution in [0.1, 0.15) is 34.8 Å². The van der Waals surface area contributed by atoms with Crippen molar-refractivity contribution in [3.63, 3.8) is 0 Å². The Morgan fingerprint density at radius 2 is 2.08 bits per heavy atom. The molecule has 4 nitrogen and oxygen atoms in total. The predicted molar refractivity (Wildman–Crippen MR) is 102 cm³/mol. The van der Waals surface area contributed by atoms with Crippen molar-refractivity contribution in [1.82, 2.24) is 5.32 Å². The molecule has 2 aromatic carbocycles. The van der Waals surface area contributed by atoms with Crippen molar-refractivity contribution in [2.24, 2.45) is 0 Å². The van der Waals surface area contributed by atoms with E-state index in [0.717, 1.165) is 22.6 Å². The molecule has 1 aliphatic heterocycles. The van der Waals surface area contributed by atoms with Crippen LogP contribution >= 0.6 is 11.8 Å². The number of aryl methyl sites for hydroxylation is 1. The molecule has 3 rings (SSSR count). The number of thioether (sulfide) groups is 1. The van der Waals surface area contributed by atoms with Gasteiger partial charge >= 0.3 is 0 Å². The number of carbonyl (C=O) groups is 2. The zero-order valence-corrected chi connectivity index (χ0v) is 15.4. The van der Waals surface area contributed by atoms with Gasteiger partial charge in [-0.15, -0.1) is 11.8 Å². The molecule has 2 amide bonds. The largest absolute Gasteiger partial charge is 0.352 e. The van der Waals surface area contributed by atoms with Crippen LogP contribution < -0.4 is 10.2 Å². The van der Waals surface area contributed by atoms with Gasteiger partial charge in [0, 0.05) is 17.0 Å². The van der Waals surface area contributed by atoms with Gasteiger partial charge in [0.05, 0.1) is 18.0 Å². The van der Waals surface area contributed by atoms with Gasteiger partial charge in [0.1, 0.15) is 0 Å². The minimum Gasteiger partial charge on any atom is -0.352 e. The lowest BCUT2D eigenvalue weighted by Gasteiger charge is -2.29. The number of nitrogens with one attached hydrogen (secondary N) is 1. The summed E-state index contributed by atoms with van der Waals surface area (Å²) in [6.07, 6.45) is 0.893. The third-order valence-corrected chi connectivity index (χ3v) is 5.17. The van der Waals surface area contributed by atoms with E-state index < -0.39 is 0 Å². The van der Waals surface area contributed by atoms with Crippen molar-refractivity contribution in [2.75, 3.05) is 17.2 Å². The van der Waals surface area contributed by atoms with Gasteiger partial charge in [0.25, 0.3) is 5.91 Å². The summed E-state index contributed by atoms with van der Waals surface area (Å²) >= 11 is 1.53. The fourth-order valence-electron chi connectivity index (χ4n) is 2.85. The first kappa shape index (κ1) is 17.5. The quantitative estimate of drug-likeness (QED) is 0.889. The van der Waals surface area contributed by atoms with Crippen LogP contribution in [0.4, 0.5) is 5.69 Å². The molecule has 0 saturated carbocycles. The molecule has 1 N–H and O–H groups in total. The monoisotopic (exact) mass is 354 g/mol. The van der Waals surface area contributed by atoms with Crippen molar-refractivity contribution >= 4 is 29.3 Å². The molecule has 0 atom stereocenters. The second-order valence-corrected chi connectivity index (χ2v) is 7.21. The van der Waals surface area contributed by atoms with E-state index in [4.69, 9.17) is 0 Å². The summed E-state index contributed by atoms with van der Waals surface area (Å²) in [5.41, 5.74) is 3.68. The fraction of sp³-hybridized carbons (Fsp3) is 0.300. The van der Waals surface area contributed by atoms with Crippen LogP contribution in [0.2, 0.25) is 0 Å². The highest BCUT2D eigenvalue weighted by molar-refractivity contribution is 8.00. The smallest absolute Gasteiger partial charge is 0.251 e. The maximum Gasteiger partial charge on any atom is 0.251 e. The molecule has 0 saturated heterocycles. The summed E-state index contributed by atoms with van der Waals surface area (Å²) in [5, 5.41) is 2.89. The molecule has 25 heavy (non-hydrogen) atoms. The first-order chi connectivity index (χ1) is 12.1. The van der Waals surface area contributed by atoms with E-state index >= 15 is 0 Å². The van der Waals surface area contributed by atoms with Crippen LogP contribution in [0, 0.1) is 6.92 Å². The zero-order chi connectivity index (χ0) is 17.8. The maximum absolute atomic E-state index is 12.5. The van der Waals surface area contributed by atoms with Crippen LogP contribution in [0.3, 0.4) is 0 Å². The second kappa shape index (κ2) is 7.74. The summed E-state index contributed by atoms with van der Waals surface area (Å²) in [7, 11) is 0. The van der Waals surface area contributed by atoms with E-state index in [0.29, 0.717) is 24.4 Å². The molecule has 0 aliphatic carbocycles. The van der Waals surface area contributed by atoms with Gasteiger partial charge in [0.15, 0.2) is 0 Å². The Morgan fingerprint density at radius 1 is 1.24 bits per heavy atom. The Hall–Kier alpha value is -2.27. The van der Waals surface area contributed by atoms with Gasteiger partial charge < -0.3 is 10.2 Å². The van der Waals surface area contributed by atoms with Crippen LogP contribution in [0.15, 0.2) is 47.4 Å². The Bertz CT molecular complexity index is 804. The molecule has 130 valence electrons. The van der Waals surface area contributed by atoms with Crippen LogP contribution in [-0.2, 0) is 11.3 Å². The van der Waals surface area contributed by atoms with E-state index in [1.165, 1.54) is 17.3 Å². The van der Waals surface area contributed by atoms with Gasteiger partial charge in [-0.05, 0) is 37.1 Å². The van der Waals surface area contributed by atoms with Crippen molar-refractivity contribution in [3.8, 4) is 0 Å². The molecule has 0 unspecified atom stereocenters. The molecular formula is C20H22N2O2S. The molecule has 5 heteroatoms. The Kier molecular flexibility index (Phi) is 5.43. The van der Waals surface area contributed by atoms with E-state index in [1.54, 1.807) is 4.90 Å². The Morgan fingerprint density at radius 3 is 2.84 bits per heavy atom. The van der Waals surface area contributed by atoms with Crippen LogP contribution in [0.25, 0.3) is 0 Å². The average molecular weight is 354 g/mol. The lowest BCUT2D eigenvalue weighted by Crippen LogP contribution is -2.35. The van der Waals surface area contributed by atoms with Gasteiger partial charge in [-0.1, -0.05) is 36.8 Å². The molecule has 0 fully saturated rings. The highest BCUT2D eigenvalue weighted by Gasteiger charge is 2.26. The van der Waals surface area contributed by atoms with Crippen LogP contribution in [0.5, 0.6) is 0 Å². The standard InChI is InChI=1S/C20H22N2O2S/c1-3-9-21-20(24)16-7-8-18-17(11-16)22(19(23)13-25-18)12-15-6-4-5-14(2)10-15/h4-8,10-11H,3,9,12-13H2,1-2H3,(H,21,24). The summed E-state index contributed by atoms with van der Waals surface area (Å²) in [6.45, 7) is 5.23. The van der Waals surface area contributed by atoms with E-state index in [2.05, 4.69) is 11.4 Å². The number of amides is 2. The van der Waals surface area contributed by atoms with E-state index in [9.17, 15) is 9.59 Å². The number of fused-ring (bicyclic) bond motifs is 1. The average Bonchev–Trinajstić information content (AvgIpc) is 2.61. The molecule has 2 aromatic rings. The van der Waals surface area contributed by atoms with Gasteiger partial charge in [-0.2, -0.15) is 0 Å². The molecule has 1 heterocycles. The van der Waals surface area contributed by atoms with E-state index in [-0.39, 0.29) is 11.8 Å². The highest BCUT2D eigenvalue weighted by Crippen LogP contribution is 2.36. The minimum absolute atomic E-state index is 0.0742. The molecule has 1 aliphatic rings. The number of hydrogen-bond donors (Lipinski definition) is 1. The van der Waals surface area contributed by atoms with Gasteiger partial charge in [0.2, 0.25) is 5.91 Å². The fourth-order valence-corrected chi connectivity index (χ4v) is 3.77. The summed E-state index contributed by atoms with van der Waals surface area (Å²) in [5.74, 6) is 0.411. The number of benzene rings is 2. The van der Waals surface area contributed by atoms with Crippen molar-refractivity contribution in [3.05, 3.63) is 59.2 Å². The number of nitrogens with zero attached hydrogens (tertiary/aromatic N) is 1. The first-order valence-electron chi connectivity index (χ1n) is 8.49. The lowest BCUT2D eigenvalue weighted by atomic mass is 10.1. The normalized spacial score (nSPS) is 13.5. The van der Waals surface area contributed by atoms with Crippen molar-refractivity contribution in [1.29, 1.82) is 0 Å². The molecular weight excluding hydrogens is 332 g/mol. The number of rotatable bonds is 5. The van der Waals surface area contributed by atoms with Crippen molar-refractivity contribution in [2.45, 2.75) is 31.7 Å². The topological polar surface area (TPSA) is 49.4 Å². The highest BCUT2D eigenvalue weighted by atomic mass is 32.2. The third-order valence-electron chi connectivity index (χ3n) is 4.12. The molecule has 0 aromatic heterocycles. The molecule has 0 bridgehead atoms. The SMILES string of the molecule is CCCNC(=O)c1ccc2c(c1)N(Cc1cccc(C)c1)C(=O)CS2. The lowest BCUT2D eigenvalue weighted by molar-refractivity contribution is -0.116. The summed E-state index contributed by atoms with van der Waals surface area (Å²) in [4.78, 5) is 27.6. The summed E-state index contributed by atoms with van der Waals surface area (Å²) in [6, 6.07) is 13.8. The van der Waals surface area contributed by atoms with Crippen molar-refractivity contribution < 1.29 is 9.59 Å². The molecule has 0 spiro atoms. The maximum atomic E-state index is 12.5. The van der Waals surface area contributed by atoms with E-state index in [1.807, 2.05) is 50.2 Å². The minimum atomic E-state index is -0.0943. The number of hydrogen-bond acceptors (Lipinski definition) is 3. The number of anilines is 1. The number of carbonyl (C=O) groups excluding carboxylic acids is 2. The Balaban J connectivity index is 1.90. The predicted octanol–water partition coefficient (Wildman–Crippen LogP) is 3.77. The second-order valence-electron chi connectivity index (χ2n) is 6.20. The Labute approximate surface area is 152 Å².